The summed E-state index contributed by atoms with van der Waals surface area (Å²) in [5, 5.41) is 22.9. The first kappa shape index (κ1) is 15.1. The number of nitrogens with zero attached hydrogens (tertiary/aromatic N) is 1. The molecule has 0 spiro atoms. The lowest BCUT2D eigenvalue weighted by molar-refractivity contribution is -0.385. The van der Waals surface area contributed by atoms with Crippen molar-refractivity contribution >= 4 is 23.0 Å². The van der Waals surface area contributed by atoms with Crippen LogP contribution in [0.5, 0.6) is 0 Å². The number of carbonyl (C=O) groups is 1. The fourth-order valence-corrected chi connectivity index (χ4v) is 2.78. The molecule has 1 aromatic carbocycles. The molecular formula is C14H14N2O4S. The molecule has 0 radical (unpaired) electrons. The van der Waals surface area contributed by atoms with E-state index in [1.807, 2.05) is 6.07 Å². The van der Waals surface area contributed by atoms with Gasteiger partial charge >= 0.3 is 5.97 Å². The summed E-state index contributed by atoms with van der Waals surface area (Å²) in [5.41, 5.74) is 1.62. The molecule has 0 saturated carbocycles. The smallest absolute Gasteiger partial charge is 0.345 e. The fourth-order valence-electron chi connectivity index (χ4n) is 1.97. The van der Waals surface area contributed by atoms with Gasteiger partial charge in [0, 0.05) is 29.6 Å². The normalized spacial score (nSPS) is 10.5. The molecule has 1 aromatic heterocycles. The molecule has 0 aliphatic rings. The van der Waals surface area contributed by atoms with Crippen LogP contribution in [0.15, 0.2) is 30.3 Å². The number of carboxylic acids is 1. The largest absolute Gasteiger partial charge is 0.477 e. The number of thiophene rings is 1. The standard InChI is InChI=1S/C14H14N2O4S/c1-9-10(3-2-4-12(9)16(19)20)7-15-8-11-5-6-13(21-11)14(17)18/h2-6,15H,7-8H2,1H3,(H,17,18). The molecule has 0 bridgehead atoms. The highest BCUT2D eigenvalue weighted by Crippen LogP contribution is 2.21. The zero-order valence-corrected chi connectivity index (χ0v) is 12.1. The molecule has 2 N–H and O–H groups in total. The maximum absolute atomic E-state index is 10.9. The zero-order chi connectivity index (χ0) is 15.4. The van der Waals surface area contributed by atoms with Crippen LogP contribution in [0, 0.1) is 17.0 Å². The summed E-state index contributed by atoms with van der Waals surface area (Å²) < 4.78 is 0. The Labute approximate surface area is 125 Å². The Morgan fingerprint density at radius 1 is 1.33 bits per heavy atom. The first-order valence-electron chi connectivity index (χ1n) is 6.24. The van der Waals surface area contributed by atoms with Crippen molar-refractivity contribution in [3.63, 3.8) is 0 Å². The zero-order valence-electron chi connectivity index (χ0n) is 11.3. The van der Waals surface area contributed by atoms with Gasteiger partial charge in [-0.15, -0.1) is 11.3 Å². The van der Waals surface area contributed by atoms with Crippen LogP contribution in [0.25, 0.3) is 0 Å². The van der Waals surface area contributed by atoms with Gasteiger partial charge in [-0.2, -0.15) is 0 Å². The van der Waals surface area contributed by atoms with Crippen molar-refractivity contribution in [3.8, 4) is 0 Å². The molecule has 1 heterocycles. The number of hydrogen-bond acceptors (Lipinski definition) is 5. The lowest BCUT2D eigenvalue weighted by Gasteiger charge is -2.07. The van der Waals surface area contributed by atoms with Crippen LogP contribution < -0.4 is 5.32 Å². The summed E-state index contributed by atoms with van der Waals surface area (Å²) in [6.45, 7) is 2.75. The Bertz CT molecular complexity index is 681. The fraction of sp³-hybridized carbons (Fsp3) is 0.214. The molecule has 110 valence electrons. The predicted molar refractivity (Wildman–Crippen MR) is 79.7 cm³/mol. The van der Waals surface area contributed by atoms with E-state index in [1.54, 1.807) is 25.1 Å². The van der Waals surface area contributed by atoms with Crippen LogP contribution in [-0.2, 0) is 13.1 Å². The third-order valence-corrected chi connectivity index (χ3v) is 4.17. The van der Waals surface area contributed by atoms with Gasteiger partial charge in [0.1, 0.15) is 4.88 Å². The Hall–Kier alpha value is -2.25. The van der Waals surface area contributed by atoms with Crippen LogP contribution in [0.2, 0.25) is 0 Å². The predicted octanol–water partition coefficient (Wildman–Crippen LogP) is 2.95. The van der Waals surface area contributed by atoms with Crippen molar-refractivity contribution in [1.29, 1.82) is 0 Å². The van der Waals surface area contributed by atoms with Gasteiger partial charge in [0.25, 0.3) is 5.69 Å². The minimum absolute atomic E-state index is 0.110. The van der Waals surface area contributed by atoms with E-state index in [9.17, 15) is 14.9 Å². The topological polar surface area (TPSA) is 92.5 Å². The number of nitrogens with one attached hydrogen (secondary N) is 1. The second-order valence-corrected chi connectivity index (χ2v) is 5.66. The second kappa shape index (κ2) is 6.47. The van der Waals surface area contributed by atoms with Gasteiger partial charge in [-0.1, -0.05) is 12.1 Å². The number of aromatic carboxylic acids is 1. The van der Waals surface area contributed by atoms with Crippen LogP contribution in [0.1, 0.15) is 25.7 Å². The van der Waals surface area contributed by atoms with E-state index >= 15 is 0 Å². The van der Waals surface area contributed by atoms with E-state index in [1.165, 1.54) is 17.4 Å². The molecule has 6 nitrogen and oxygen atoms in total. The Morgan fingerprint density at radius 2 is 2.10 bits per heavy atom. The number of hydrogen-bond donors (Lipinski definition) is 2. The van der Waals surface area contributed by atoms with Gasteiger partial charge < -0.3 is 10.4 Å². The summed E-state index contributed by atoms with van der Waals surface area (Å²) in [4.78, 5) is 22.5. The lowest BCUT2D eigenvalue weighted by Crippen LogP contribution is -2.13. The maximum Gasteiger partial charge on any atom is 0.345 e. The minimum Gasteiger partial charge on any atom is -0.477 e. The molecule has 0 amide bonds. The van der Waals surface area contributed by atoms with Crippen molar-refractivity contribution in [3.05, 3.63) is 61.3 Å². The summed E-state index contributed by atoms with van der Waals surface area (Å²) in [5.74, 6) is -0.930. The maximum atomic E-state index is 10.9. The molecule has 2 aromatic rings. The summed E-state index contributed by atoms with van der Waals surface area (Å²) in [6.07, 6.45) is 0. The van der Waals surface area contributed by atoms with E-state index < -0.39 is 10.9 Å². The van der Waals surface area contributed by atoms with E-state index in [2.05, 4.69) is 5.32 Å². The molecule has 0 aliphatic heterocycles. The highest BCUT2D eigenvalue weighted by Gasteiger charge is 2.13. The van der Waals surface area contributed by atoms with Gasteiger partial charge in [0.2, 0.25) is 0 Å². The number of nitro benzene ring substituents is 1. The minimum atomic E-state index is -0.930. The molecule has 0 fully saturated rings. The van der Waals surface area contributed by atoms with E-state index in [0.717, 1.165) is 10.4 Å². The third kappa shape index (κ3) is 3.65. The van der Waals surface area contributed by atoms with Crippen molar-refractivity contribution in [2.45, 2.75) is 20.0 Å². The molecule has 0 atom stereocenters. The van der Waals surface area contributed by atoms with Crippen LogP contribution in [-0.4, -0.2) is 16.0 Å². The highest BCUT2D eigenvalue weighted by atomic mass is 32.1. The number of benzene rings is 1. The highest BCUT2D eigenvalue weighted by molar-refractivity contribution is 7.13. The number of rotatable bonds is 6. The molecule has 21 heavy (non-hydrogen) atoms. The quantitative estimate of drug-likeness (QED) is 0.632. The van der Waals surface area contributed by atoms with Gasteiger partial charge in [0.15, 0.2) is 0 Å². The van der Waals surface area contributed by atoms with Crippen molar-refractivity contribution < 1.29 is 14.8 Å². The molecule has 0 unspecified atom stereocenters. The molecule has 2 rings (SSSR count). The van der Waals surface area contributed by atoms with Gasteiger partial charge in [-0.25, -0.2) is 4.79 Å². The number of nitro groups is 1. The molecule has 7 heteroatoms. The Balaban J connectivity index is 1.98. The Kier molecular flexibility index (Phi) is 4.66. The lowest BCUT2D eigenvalue weighted by atomic mass is 10.1. The molecular weight excluding hydrogens is 292 g/mol. The van der Waals surface area contributed by atoms with Gasteiger partial charge in [-0.05, 0) is 24.6 Å². The van der Waals surface area contributed by atoms with Gasteiger partial charge in [0.05, 0.1) is 4.92 Å². The van der Waals surface area contributed by atoms with Crippen LogP contribution in [0.3, 0.4) is 0 Å². The summed E-state index contributed by atoms with van der Waals surface area (Å²) >= 11 is 1.22. The third-order valence-electron chi connectivity index (χ3n) is 3.10. The monoisotopic (exact) mass is 306 g/mol. The Morgan fingerprint density at radius 3 is 2.71 bits per heavy atom. The van der Waals surface area contributed by atoms with Crippen LogP contribution >= 0.6 is 11.3 Å². The molecule has 0 saturated heterocycles. The van der Waals surface area contributed by atoms with Crippen LogP contribution in [0.4, 0.5) is 5.69 Å². The van der Waals surface area contributed by atoms with Crippen molar-refractivity contribution in [2.24, 2.45) is 0 Å². The average Bonchev–Trinajstić information content (AvgIpc) is 2.89. The van der Waals surface area contributed by atoms with Crippen molar-refractivity contribution in [2.75, 3.05) is 0 Å². The van der Waals surface area contributed by atoms with Gasteiger partial charge in [-0.3, -0.25) is 10.1 Å². The average molecular weight is 306 g/mol. The van der Waals surface area contributed by atoms with E-state index in [0.29, 0.717) is 23.5 Å². The SMILES string of the molecule is Cc1c(CNCc2ccc(C(=O)O)s2)cccc1[N+](=O)[O-]. The van der Waals surface area contributed by atoms with E-state index in [4.69, 9.17) is 5.11 Å². The summed E-state index contributed by atoms with van der Waals surface area (Å²) in [7, 11) is 0. The first-order valence-corrected chi connectivity index (χ1v) is 7.06. The van der Waals surface area contributed by atoms with Crippen molar-refractivity contribution in [1.82, 2.24) is 5.32 Å². The van der Waals surface area contributed by atoms with E-state index in [-0.39, 0.29) is 5.69 Å². The number of carboxylic acid groups (broad SMARTS) is 1. The summed E-state index contributed by atoms with van der Waals surface area (Å²) in [6, 6.07) is 8.32. The second-order valence-electron chi connectivity index (χ2n) is 4.49. The molecule has 0 aliphatic carbocycles. The first-order chi connectivity index (χ1) is 9.99.